The van der Waals surface area contributed by atoms with Gasteiger partial charge < -0.3 is 9.30 Å². The first kappa shape index (κ1) is 20.5. The van der Waals surface area contributed by atoms with E-state index in [1.807, 2.05) is 30.3 Å². The molecule has 146 valence electrons. The summed E-state index contributed by atoms with van der Waals surface area (Å²) in [5.74, 6) is 1.61. The molecule has 0 saturated heterocycles. The number of hydrogen-bond donors (Lipinski definition) is 0. The first-order chi connectivity index (χ1) is 13.7. The summed E-state index contributed by atoms with van der Waals surface area (Å²) in [4.78, 5) is 13.2. The molecule has 0 saturated carbocycles. The zero-order valence-electron chi connectivity index (χ0n) is 16.0. The predicted molar refractivity (Wildman–Crippen MR) is 113 cm³/mol. The number of ether oxygens (including phenoxy) is 1. The zero-order chi connectivity index (χ0) is 19.8. The van der Waals surface area contributed by atoms with Crippen LogP contribution in [0.15, 0.2) is 64.6 Å². The molecule has 7 heteroatoms. The van der Waals surface area contributed by atoms with E-state index >= 15 is 0 Å². The van der Waals surface area contributed by atoms with Crippen LogP contribution in [0.2, 0.25) is 0 Å². The summed E-state index contributed by atoms with van der Waals surface area (Å²) in [5, 5.41) is 9.32. The number of benzene rings is 2. The van der Waals surface area contributed by atoms with Crippen LogP contribution in [0.25, 0.3) is 0 Å². The highest BCUT2D eigenvalue weighted by Gasteiger charge is 2.14. The number of esters is 1. The molecule has 1 aromatic heterocycles. The maximum Gasteiger partial charge on any atom is 0.316 e. The average Bonchev–Trinajstić information content (AvgIpc) is 3.13. The van der Waals surface area contributed by atoms with Gasteiger partial charge in [-0.15, -0.1) is 22.0 Å². The minimum atomic E-state index is -0.255. The SMILES string of the molecule is CCn1c(CSc2ccc(C)cc2)nnc1SCC(=O)OCc1ccccc1. The smallest absolute Gasteiger partial charge is 0.316 e. The Morgan fingerprint density at radius 1 is 1.04 bits per heavy atom. The van der Waals surface area contributed by atoms with Crippen molar-refractivity contribution < 1.29 is 9.53 Å². The Morgan fingerprint density at radius 3 is 2.50 bits per heavy atom. The predicted octanol–water partition coefficient (Wildman–Crippen LogP) is 4.73. The van der Waals surface area contributed by atoms with E-state index in [0.29, 0.717) is 6.61 Å². The number of aryl methyl sites for hydroxylation is 1. The molecule has 0 radical (unpaired) electrons. The molecule has 0 aliphatic rings. The summed E-state index contributed by atoms with van der Waals surface area (Å²) in [5.41, 5.74) is 2.23. The van der Waals surface area contributed by atoms with Gasteiger partial charge in [-0.25, -0.2) is 0 Å². The molecule has 1 heterocycles. The van der Waals surface area contributed by atoms with E-state index in [1.54, 1.807) is 11.8 Å². The van der Waals surface area contributed by atoms with E-state index in [-0.39, 0.29) is 11.7 Å². The Kier molecular flexibility index (Phi) is 7.56. The highest BCUT2D eigenvalue weighted by molar-refractivity contribution is 7.99. The van der Waals surface area contributed by atoms with Crippen molar-refractivity contribution in [3.63, 3.8) is 0 Å². The van der Waals surface area contributed by atoms with Crippen LogP contribution in [-0.4, -0.2) is 26.5 Å². The molecular weight excluding hydrogens is 390 g/mol. The lowest BCUT2D eigenvalue weighted by Crippen LogP contribution is -2.09. The third-order valence-corrected chi connectivity index (χ3v) is 6.01. The lowest BCUT2D eigenvalue weighted by molar-refractivity contribution is -0.141. The average molecular weight is 414 g/mol. The number of rotatable bonds is 9. The van der Waals surface area contributed by atoms with Crippen LogP contribution >= 0.6 is 23.5 Å². The number of nitrogens with zero attached hydrogens (tertiary/aromatic N) is 3. The lowest BCUT2D eigenvalue weighted by Gasteiger charge is -2.08. The van der Waals surface area contributed by atoms with Crippen molar-refractivity contribution in [3.8, 4) is 0 Å². The monoisotopic (exact) mass is 413 g/mol. The van der Waals surface area contributed by atoms with Gasteiger partial charge in [-0.3, -0.25) is 4.79 Å². The Morgan fingerprint density at radius 2 is 1.79 bits per heavy atom. The number of carbonyl (C=O) groups is 1. The molecule has 0 bridgehead atoms. The summed E-state index contributed by atoms with van der Waals surface area (Å²) in [6, 6.07) is 18.1. The summed E-state index contributed by atoms with van der Waals surface area (Å²) in [7, 11) is 0. The first-order valence-electron chi connectivity index (χ1n) is 9.09. The van der Waals surface area contributed by atoms with Gasteiger partial charge in [0.25, 0.3) is 0 Å². The van der Waals surface area contributed by atoms with Gasteiger partial charge in [0, 0.05) is 11.4 Å². The van der Waals surface area contributed by atoms with Crippen LogP contribution in [0, 0.1) is 6.92 Å². The summed E-state index contributed by atoms with van der Waals surface area (Å²) >= 11 is 3.10. The molecular formula is C21H23N3O2S2. The molecule has 0 unspecified atom stereocenters. The third-order valence-electron chi connectivity index (χ3n) is 4.06. The molecule has 2 aromatic carbocycles. The second-order valence-electron chi connectivity index (χ2n) is 6.18. The summed E-state index contributed by atoms with van der Waals surface area (Å²) in [6.45, 7) is 5.19. The van der Waals surface area contributed by atoms with E-state index in [0.717, 1.165) is 28.8 Å². The van der Waals surface area contributed by atoms with Crippen molar-refractivity contribution in [1.29, 1.82) is 0 Å². The highest BCUT2D eigenvalue weighted by atomic mass is 32.2. The van der Waals surface area contributed by atoms with Gasteiger partial charge in [0.2, 0.25) is 0 Å². The molecule has 0 atom stereocenters. The third kappa shape index (κ3) is 5.87. The summed E-state index contributed by atoms with van der Waals surface area (Å²) in [6.07, 6.45) is 0. The van der Waals surface area contributed by atoms with E-state index in [1.165, 1.54) is 22.2 Å². The minimum absolute atomic E-state index is 0.218. The molecule has 0 N–H and O–H groups in total. The van der Waals surface area contributed by atoms with Crippen molar-refractivity contribution in [3.05, 3.63) is 71.5 Å². The second kappa shape index (κ2) is 10.3. The van der Waals surface area contributed by atoms with Gasteiger partial charge in [0.1, 0.15) is 12.4 Å². The Bertz CT molecular complexity index is 896. The Hall–Kier alpha value is -2.25. The number of hydrogen-bond acceptors (Lipinski definition) is 6. The summed E-state index contributed by atoms with van der Waals surface area (Å²) < 4.78 is 7.38. The lowest BCUT2D eigenvalue weighted by atomic mass is 10.2. The fraction of sp³-hybridized carbons (Fsp3) is 0.286. The first-order valence-corrected chi connectivity index (χ1v) is 11.1. The molecule has 3 rings (SSSR count). The largest absolute Gasteiger partial charge is 0.460 e. The van der Waals surface area contributed by atoms with Crippen LogP contribution in [0.3, 0.4) is 0 Å². The Balaban J connectivity index is 1.51. The number of aromatic nitrogens is 3. The van der Waals surface area contributed by atoms with Crippen LogP contribution in [0.4, 0.5) is 0 Å². The second-order valence-corrected chi connectivity index (χ2v) is 8.17. The van der Waals surface area contributed by atoms with Gasteiger partial charge in [0.15, 0.2) is 5.16 Å². The minimum Gasteiger partial charge on any atom is -0.460 e. The zero-order valence-corrected chi connectivity index (χ0v) is 17.6. The van der Waals surface area contributed by atoms with Crippen molar-refractivity contribution in [2.45, 2.75) is 42.8 Å². The van der Waals surface area contributed by atoms with E-state index < -0.39 is 0 Å². The topological polar surface area (TPSA) is 57.0 Å². The molecule has 0 aliphatic carbocycles. The molecule has 3 aromatic rings. The van der Waals surface area contributed by atoms with E-state index in [2.05, 4.69) is 52.9 Å². The Labute approximate surface area is 173 Å². The highest BCUT2D eigenvalue weighted by Crippen LogP contribution is 2.25. The number of thioether (sulfide) groups is 2. The van der Waals surface area contributed by atoms with Crippen LogP contribution < -0.4 is 0 Å². The quantitative estimate of drug-likeness (QED) is 0.373. The standard InChI is InChI=1S/C21H23N3O2S2/c1-3-24-19(14-27-18-11-9-16(2)10-12-18)22-23-21(24)28-15-20(25)26-13-17-7-5-4-6-8-17/h4-12H,3,13-15H2,1-2H3. The van der Waals surface area contributed by atoms with Crippen LogP contribution in [0.1, 0.15) is 23.9 Å². The van der Waals surface area contributed by atoms with Gasteiger partial charge in [-0.1, -0.05) is 59.8 Å². The van der Waals surface area contributed by atoms with Crippen molar-refractivity contribution in [2.24, 2.45) is 0 Å². The number of carbonyl (C=O) groups excluding carboxylic acids is 1. The van der Waals surface area contributed by atoms with Crippen molar-refractivity contribution in [2.75, 3.05) is 5.75 Å². The normalized spacial score (nSPS) is 10.8. The molecule has 0 amide bonds. The molecule has 28 heavy (non-hydrogen) atoms. The fourth-order valence-corrected chi connectivity index (χ4v) is 4.19. The van der Waals surface area contributed by atoms with Crippen LogP contribution in [-0.2, 0) is 28.4 Å². The van der Waals surface area contributed by atoms with Gasteiger partial charge in [0.05, 0.1) is 11.5 Å². The molecule has 5 nitrogen and oxygen atoms in total. The maximum absolute atomic E-state index is 12.0. The van der Waals surface area contributed by atoms with Crippen molar-refractivity contribution >= 4 is 29.5 Å². The van der Waals surface area contributed by atoms with Crippen LogP contribution in [0.5, 0.6) is 0 Å². The molecule has 0 spiro atoms. The van der Waals surface area contributed by atoms with Gasteiger partial charge >= 0.3 is 5.97 Å². The molecule has 0 fully saturated rings. The van der Waals surface area contributed by atoms with Crippen molar-refractivity contribution in [1.82, 2.24) is 14.8 Å². The van der Waals surface area contributed by atoms with E-state index in [9.17, 15) is 4.79 Å². The fourth-order valence-electron chi connectivity index (χ4n) is 2.54. The van der Waals surface area contributed by atoms with E-state index in [4.69, 9.17) is 4.74 Å². The van der Waals surface area contributed by atoms with Gasteiger partial charge in [-0.05, 0) is 31.5 Å². The maximum atomic E-state index is 12.0. The molecule has 0 aliphatic heterocycles. The van der Waals surface area contributed by atoms with Gasteiger partial charge in [-0.2, -0.15) is 0 Å².